The zero-order valence-electron chi connectivity index (χ0n) is 10.9. The minimum atomic E-state index is -1.11. The number of amides is 2. The molecule has 0 radical (unpaired) electrons. The monoisotopic (exact) mass is 307 g/mol. The zero-order valence-corrected chi connectivity index (χ0v) is 11.7. The maximum absolute atomic E-state index is 12.1. The van der Waals surface area contributed by atoms with Gasteiger partial charge in [-0.1, -0.05) is 29.5 Å². The molecule has 0 aliphatic heterocycles. The van der Waals surface area contributed by atoms with Gasteiger partial charge in [0, 0.05) is 16.8 Å². The van der Waals surface area contributed by atoms with E-state index in [1.807, 2.05) is 0 Å². The third-order valence-electron chi connectivity index (χ3n) is 2.61. The van der Waals surface area contributed by atoms with Gasteiger partial charge in [0.25, 0.3) is 0 Å². The number of rotatable bonds is 5. The number of aromatic nitrogens is 1. The molecule has 0 bridgehead atoms. The Kier molecular flexibility index (Phi) is 4.72. The number of carbonyl (C=O) groups is 2. The zero-order chi connectivity index (χ0) is 15.2. The fraction of sp³-hybridized carbons (Fsp3) is 0.154. The number of nitrogens with one attached hydrogen (secondary N) is 2. The van der Waals surface area contributed by atoms with Crippen LogP contribution in [0.4, 0.5) is 10.5 Å². The summed E-state index contributed by atoms with van der Waals surface area (Å²) in [4.78, 5) is 37.5. The second kappa shape index (κ2) is 6.71. The SMILES string of the molecule is O=C(O)CN(C(=O)NCc1csc(=O)[nH]1)c1ccccc1. The molecule has 1 aromatic carbocycles. The molecule has 21 heavy (non-hydrogen) atoms. The maximum Gasteiger partial charge on any atom is 0.323 e. The molecule has 0 aliphatic carbocycles. The molecule has 0 saturated carbocycles. The number of thiazole rings is 1. The Bertz CT molecular complexity index is 680. The van der Waals surface area contributed by atoms with Crippen molar-refractivity contribution in [3.63, 3.8) is 0 Å². The predicted octanol–water partition coefficient (Wildman–Crippen LogP) is 1.24. The molecule has 0 fully saturated rings. The van der Waals surface area contributed by atoms with Gasteiger partial charge in [-0.2, -0.15) is 0 Å². The summed E-state index contributed by atoms with van der Waals surface area (Å²) < 4.78 is 0. The van der Waals surface area contributed by atoms with Crippen LogP contribution in [0, 0.1) is 0 Å². The first kappa shape index (κ1) is 14.8. The van der Waals surface area contributed by atoms with Gasteiger partial charge in [-0.05, 0) is 12.1 Å². The van der Waals surface area contributed by atoms with Crippen LogP contribution in [0.2, 0.25) is 0 Å². The standard InChI is InChI=1S/C13H13N3O4S/c17-11(18)7-16(10-4-2-1-3-5-10)12(19)14-6-9-8-21-13(20)15-9/h1-5,8H,6-7H2,(H,14,19)(H,15,20)(H,17,18). The highest BCUT2D eigenvalue weighted by molar-refractivity contribution is 7.07. The Labute approximate surface area is 123 Å². The molecule has 1 aromatic heterocycles. The molecule has 8 heteroatoms. The first-order chi connectivity index (χ1) is 10.1. The van der Waals surface area contributed by atoms with Gasteiger partial charge in [-0.25, -0.2) is 4.79 Å². The average Bonchev–Trinajstić information content (AvgIpc) is 2.88. The molecular weight excluding hydrogens is 294 g/mol. The highest BCUT2D eigenvalue weighted by Gasteiger charge is 2.18. The van der Waals surface area contributed by atoms with Crippen LogP contribution >= 0.6 is 11.3 Å². The minimum absolute atomic E-state index is 0.126. The van der Waals surface area contributed by atoms with Gasteiger partial charge in [0.1, 0.15) is 6.54 Å². The summed E-state index contributed by atoms with van der Waals surface area (Å²) in [5, 5.41) is 13.1. The number of para-hydroxylation sites is 1. The molecule has 2 rings (SSSR count). The number of carbonyl (C=O) groups excluding carboxylic acids is 1. The Morgan fingerprint density at radius 1 is 1.29 bits per heavy atom. The van der Waals surface area contributed by atoms with Gasteiger partial charge in [-0.3, -0.25) is 14.5 Å². The number of carboxylic acids is 1. The topological polar surface area (TPSA) is 102 Å². The third kappa shape index (κ3) is 4.18. The van der Waals surface area contributed by atoms with Crippen molar-refractivity contribution in [2.45, 2.75) is 6.54 Å². The van der Waals surface area contributed by atoms with Crippen LogP contribution in [0.3, 0.4) is 0 Å². The normalized spacial score (nSPS) is 10.1. The summed E-state index contributed by atoms with van der Waals surface area (Å²) in [5.41, 5.74) is 1.05. The molecule has 0 aliphatic rings. The van der Waals surface area contributed by atoms with E-state index in [0.717, 1.165) is 16.2 Å². The van der Waals surface area contributed by atoms with Crippen molar-refractivity contribution in [2.24, 2.45) is 0 Å². The molecule has 2 amide bonds. The van der Waals surface area contributed by atoms with Crippen molar-refractivity contribution < 1.29 is 14.7 Å². The molecular formula is C13H13N3O4S. The Balaban J connectivity index is 2.07. The quantitative estimate of drug-likeness (QED) is 0.773. The maximum atomic E-state index is 12.1. The Hall–Kier alpha value is -2.61. The lowest BCUT2D eigenvalue weighted by Gasteiger charge is -2.21. The van der Waals surface area contributed by atoms with Crippen molar-refractivity contribution in [1.29, 1.82) is 0 Å². The number of H-pyrrole nitrogens is 1. The second-order valence-electron chi connectivity index (χ2n) is 4.15. The lowest BCUT2D eigenvalue weighted by molar-refractivity contribution is -0.135. The van der Waals surface area contributed by atoms with E-state index in [2.05, 4.69) is 10.3 Å². The molecule has 3 N–H and O–H groups in total. The van der Waals surface area contributed by atoms with Crippen LogP contribution in [0.5, 0.6) is 0 Å². The van der Waals surface area contributed by atoms with Gasteiger partial charge < -0.3 is 15.4 Å². The number of nitrogens with zero attached hydrogens (tertiary/aromatic N) is 1. The fourth-order valence-corrected chi connectivity index (χ4v) is 2.27. The van der Waals surface area contributed by atoms with Crippen LogP contribution in [0.25, 0.3) is 0 Å². The van der Waals surface area contributed by atoms with Crippen molar-refractivity contribution in [1.82, 2.24) is 10.3 Å². The van der Waals surface area contributed by atoms with Crippen molar-refractivity contribution in [3.8, 4) is 0 Å². The van der Waals surface area contributed by atoms with E-state index in [-0.39, 0.29) is 11.4 Å². The molecule has 1 heterocycles. The van der Waals surface area contributed by atoms with E-state index in [9.17, 15) is 14.4 Å². The number of aromatic amines is 1. The van der Waals surface area contributed by atoms with Crippen LogP contribution in [-0.4, -0.2) is 28.6 Å². The highest BCUT2D eigenvalue weighted by atomic mass is 32.1. The molecule has 2 aromatic rings. The van der Waals surface area contributed by atoms with Crippen molar-refractivity contribution in [3.05, 3.63) is 51.1 Å². The van der Waals surface area contributed by atoms with E-state index >= 15 is 0 Å². The highest BCUT2D eigenvalue weighted by Crippen LogP contribution is 2.13. The van der Waals surface area contributed by atoms with Crippen molar-refractivity contribution >= 4 is 29.0 Å². The number of hydrogen-bond donors (Lipinski definition) is 3. The van der Waals surface area contributed by atoms with Gasteiger partial charge in [0.15, 0.2) is 0 Å². The average molecular weight is 307 g/mol. The lowest BCUT2D eigenvalue weighted by atomic mass is 10.3. The summed E-state index contributed by atoms with van der Waals surface area (Å²) in [7, 11) is 0. The summed E-state index contributed by atoms with van der Waals surface area (Å²) in [6.07, 6.45) is 0. The van der Waals surface area contributed by atoms with Crippen molar-refractivity contribution in [2.75, 3.05) is 11.4 Å². The number of carboxylic acid groups (broad SMARTS) is 1. The predicted molar refractivity (Wildman–Crippen MR) is 78.6 cm³/mol. The fourth-order valence-electron chi connectivity index (χ4n) is 1.69. The molecule has 0 atom stereocenters. The van der Waals surface area contributed by atoms with Crippen LogP contribution in [0.15, 0.2) is 40.5 Å². The van der Waals surface area contributed by atoms with E-state index in [1.54, 1.807) is 35.7 Å². The molecule has 110 valence electrons. The summed E-state index contributed by atoms with van der Waals surface area (Å²) in [5.74, 6) is -1.11. The molecule has 0 spiro atoms. The Morgan fingerprint density at radius 2 is 2.00 bits per heavy atom. The van der Waals surface area contributed by atoms with Crippen LogP contribution in [0.1, 0.15) is 5.69 Å². The molecule has 0 saturated heterocycles. The number of urea groups is 1. The van der Waals surface area contributed by atoms with Gasteiger partial charge >= 0.3 is 16.9 Å². The number of aliphatic carboxylic acids is 1. The van der Waals surface area contributed by atoms with Gasteiger partial charge in [-0.15, -0.1) is 0 Å². The third-order valence-corrected chi connectivity index (χ3v) is 3.33. The summed E-state index contributed by atoms with van der Waals surface area (Å²) in [6.45, 7) is -0.323. The lowest BCUT2D eigenvalue weighted by Crippen LogP contribution is -2.42. The van der Waals surface area contributed by atoms with Gasteiger partial charge in [0.2, 0.25) is 0 Å². The number of hydrogen-bond acceptors (Lipinski definition) is 4. The van der Waals surface area contributed by atoms with Crippen LogP contribution in [-0.2, 0) is 11.3 Å². The first-order valence-corrected chi connectivity index (χ1v) is 6.93. The molecule has 7 nitrogen and oxygen atoms in total. The largest absolute Gasteiger partial charge is 0.480 e. The van der Waals surface area contributed by atoms with E-state index < -0.39 is 18.5 Å². The Morgan fingerprint density at radius 3 is 2.57 bits per heavy atom. The second-order valence-corrected chi connectivity index (χ2v) is 4.99. The summed E-state index contributed by atoms with van der Waals surface area (Å²) in [6, 6.07) is 7.96. The molecule has 0 unspecified atom stereocenters. The smallest absolute Gasteiger partial charge is 0.323 e. The number of benzene rings is 1. The first-order valence-electron chi connectivity index (χ1n) is 6.05. The van der Waals surface area contributed by atoms with E-state index in [4.69, 9.17) is 5.11 Å². The minimum Gasteiger partial charge on any atom is -0.480 e. The van der Waals surface area contributed by atoms with E-state index in [0.29, 0.717) is 11.4 Å². The summed E-state index contributed by atoms with van der Waals surface area (Å²) >= 11 is 1.00. The number of anilines is 1. The van der Waals surface area contributed by atoms with E-state index in [1.165, 1.54) is 0 Å². The van der Waals surface area contributed by atoms with Crippen LogP contribution < -0.4 is 15.1 Å². The van der Waals surface area contributed by atoms with Gasteiger partial charge in [0.05, 0.1) is 6.54 Å².